The standard InChI is InChI=1S/C12H8I3NO5S2/c13-10-5-9(6-11(14)12(10)15)22(17,18)16-7-2-1-3-8(4-7)23(19,20)21/h1-6,16H,(H,19,20,21). The van der Waals surface area contributed by atoms with Crippen molar-refractivity contribution in [1.82, 2.24) is 0 Å². The van der Waals surface area contributed by atoms with E-state index in [4.69, 9.17) is 4.55 Å². The molecule has 0 atom stereocenters. The second-order valence-electron chi connectivity index (χ2n) is 4.31. The lowest BCUT2D eigenvalue weighted by Crippen LogP contribution is -2.14. The molecule has 0 aliphatic rings. The third-order valence-electron chi connectivity index (χ3n) is 2.65. The summed E-state index contributed by atoms with van der Waals surface area (Å²) in [6.45, 7) is 0. The van der Waals surface area contributed by atoms with Gasteiger partial charge in [0.1, 0.15) is 0 Å². The molecule has 0 fully saturated rings. The molecule has 0 heterocycles. The second kappa shape index (κ2) is 7.27. The second-order valence-corrected chi connectivity index (χ2v) is 10.8. The van der Waals surface area contributed by atoms with Crippen molar-refractivity contribution in [2.45, 2.75) is 9.79 Å². The van der Waals surface area contributed by atoms with Crippen LogP contribution >= 0.6 is 67.8 Å². The lowest BCUT2D eigenvalue weighted by atomic mass is 10.3. The summed E-state index contributed by atoms with van der Waals surface area (Å²) < 4.78 is 61.0. The van der Waals surface area contributed by atoms with E-state index >= 15 is 0 Å². The molecule has 23 heavy (non-hydrogen) atoms. The zero-order chi connectivity index (χ0) is 17.4. The van der Waals surface area contributed by atoms with Crippen molar-refractivity contribution >= 4 is 93.6 Å². The van der Waals surface area contributed by atoms with Gasteiger partial charge in [0.15, 0.2) is 0 Å². The van der Waals surface area contributed by atoms with Crippen LogP contribution in [0.4, 0.5) is 5.69 Å². The molecule has 0 spiro atoms. The van der Waals surface area contributed by atoms with Crippen molar-refractivity contribution in [3.63, 3.8) is 0 Å². The van der Waals surface area contributed by atoms with Crippen molar-refractivity contribution < 1.29 is 21.4 Å². The van der Waals surface area contributed by atoms with Gasteiger partial charge in [-0.2, -0.15) is 8.42 Å². The maximum atomic E-state index is 12.4. The quantitative estimate of drug-likeness (QED) is 0.291. The summed E-state index contributed by atoms with van der Waals surface area (Å²) in [6.07, 6.45) is 0. The largest absolute Gasteiger partial charge is 0.294 e. The maximum absolute atomic E-state index is 12.4. The Bertz CT molecular complexity index is 951. The Hall–Kier alpha value is 0.290. The summed E-state index contributed by atoms with van der Waals surface area (Å²) >= 11 is 6.22. The number of rotatable bonds is 4. The van der Waals surface area contributed by atoms with Gasteiger partial charge in [-0.3, -0.25) is 9.27 Å². The van der Waals surface area contributed by atoms with Crippen LogP contribution in [0.5, 0.6) is 0 Å². The van der Waals surface area contributed by atoms with Crippen LogP contribution < -0.4 is 4.72 Å². The zero-order valence-corrected chi connectivity index (χ0v) is 19.1. The molecule has 0 amide bonds. The van der Waals surface area contributed by atoms with E-state index in [0.717, 1.165) is 16.8 Å². The number of anilines is 1. The van der Waals surface area contributed by atoms with Crippen LogP contribution in [0, 0.1) is 10.7 Å². The summed E-state index contributed by atoms with van der Waals surface area (Å²) in [5.41, 5.74) is 0.0451. The molecule has 0 saturated carbocycles. The van der Waals surface area contributed by atoms with E-state index in [1.165, 1.54) is 30.3 Å². The molecule has 2 aromatic carbocycles. The Morgan fingerprint density at radius 2 is 1.43 bits per heavy atom. The fraction of sp³-hybridized carbons (Fsp3) is 0. The number of hydrogen-bond acceptors (Lipinski definition) is 4. The zero-order valence-electron chi connectivity index (χ0n) is 11.0. The van der Waals surface area contributed by atoms with Gasteiger partial charge in [-0.05, 0) is 98.1 Å². The SMILES string of the molecule is O=S(=O)(O)c1cccc(NS(=O)(=O)c2cc(I)c(I)c(I)c2)c1. The minimum Gasteiger partial charge on any atom is -0.282 e. The molecule has 2 N–H and O–H groups in total. The van der Waals surface area contributed by atoms with Crippen LogP contribution in [0.3, 0.4) is 0 Å². The Morgan fingerprint density at radius 1 is 0.870 bits per heavy atom. The number of benzene rings is 2. The van der Waals surface area contributed by atoms with Crippen LogP contribution in [0.2, 0.25) is 0 Å². The van der Waals surface area contributed by atoms with E-state index in [-0.39, 0.29) is 15.5 Å². The van der Waals surface area contributed by atoms with Gasteiger partial charge in [0.2, 0.25) is 0 Å². The highest BCUT2D eigenvalue weighted by Gasteiger charge is 2.18. The lowest BCUT2D eigenvalue weighted by molar-refractivity contribution is 0.483. The number of sulfonamides is 1. The lowest BCUT2D eigenvalue weighted by Gasteiger charge is -2.11. The van der Waals surface area contributed by atoms with E-state index in [9.17, 15) is 16.8 Å². The Balaban J connectivity index is 2.43. The van der Waals surface area contributed by atoms with E-state index in [2.05, 4.69) is 27.3 Å². The van der Waals surface area contributed by atoms with Crippen LogP contribution in [0.15, 0.2) is 46.2 Å². The molecular weight excluding hydrogens is 683 g/mol. The molecule has 0 saturated heterocycles. The van der Waals surface area contributed by atoms with Gasteiger partial charge in [-0.15, -0.1) is 0 Å². The third-order valence-corrected chi connectivity index (χ3v) is 9.79. The smallest absolute Gasteiger partial charge is 0.282 e. The molecule has 124 valence electrons. The molecule has 0 unspecified atom stereocenters. The normalized spacial score (nSPS) is 12.2. The summed E-state index contributed by atoms with van der Waals surface area (Å²) in [4.78, 5) is -0.312. The van der Waals surface area contributed by atoms with E-state index in [1.54, 1.807) is 0 Å². The molecule has 6 nitrogen and oxygen atoms in total. The molecule has 0 bridgehead atoms. The summed E-state index contributed by atoms with van der Waals surface area (Å²) in [5.74, 6) is 0. The first-order valence-corrected chi connectivity index (χ1v) is 11.9. The van der Waals surface area contributed by atoms with Gasteiger partial charge >= 0.3 is 0 Å². The molecule has 0 aliphatic heterocycles. The van der Waals surface area contributed by atoms with Gasteiger partial charge in [-0.1, -0.05) is 6.07 Å². The van der Waals surface area contributed by atoms with Crippen molar-refractivity contribution in [3.8, 4) is 0 Å². The summed E-state index contributed by atoms with van der Waals surface area (Å²) in [7, 11) is -8.28. The molecule has 11 heteroatoms. The van der Waals surface area contributed by atoms with Gasteiger partial charge < -0.3 is 0 Å². The van der Waals surface area contributed by atoms with Crippen molar-refractivity contribution in [2.75, 3.05) is 4.72 Å². The van der Waals surface area contributed by atoms with Crippen LogP contribution in [-0.4, -0.2) is 21.4 Å². The number of hydrogen-bond donors (Lipinski definition) is 2. The average Bonchev–Trinajstić information content (AvgIpc) is 2.43. The highest BCUT2D eigenvalue weighted by Crippen LogP contribution is 2.27. The van der Waals surface area contributed by atoms with Crippen LogP contribution in [0.1, 0.15) is 0 Å². The van der Waals surface area contributed by atoms with Crippen molar-refractivity contribution in [3.05, 3.63) is 47.1 Å². The predicted octanol–water partition coefficient (Wildman–Crippen LogP) is 3.55. The van der Waals surface area contributed by atoms with Crippen LogP contribution in [-0.2, 0) is 20.1 Å². The Kier molecular flexibility index (Phi) is 6.20. The topological polar surface area (TPSA) is 101 Å². The monoisotopic (exact) mass is 691 g/mol. The molecular formula is C12H8I3NO5S2. The molecule has 0 aliphatic carbocycles. The fourth-order valence-corrected chi connectivity index (χ4v) is 5.75. The highest BCUT2D eigenvalue weighted by atomic mass is 127. The molecule has 0 aromatic heterocycles. The fourth-order valence-electron chi connectivity index (χ4n) is 1.62. The average molecular weight is 691 g/mol. The summed E-state index contributed by atoms with van der Waals surface area (Å²) in [5, 5.41) is 0. The number of nitrogens with one attached hydrogen (secondary N) is 1. The first-order chi connectivity index (χ1) is 10.5. The maximum Gasteiger partial charge on any atom is 0.294 e. The minimum atomic E-state index is -4.40. The van der Waals surface area contributed by atoms with Crippen molar-refractivity contribution in [1.29, 1.82) is 0 Å². The first kappa shape index (κ1) is 19.6. The number of halogens is 3. The van der Waals surface area contributed by atoms with Gasteiger partial charge in [0, 0.05) is 10.7 Å². The van der Waals surface area contributed by atoms with E-state index in [0.29, 0.717) is 0 Å². The Labute approximate surface area is 174 Å². The van der Waals surface area contributed by atoms with Gasteiger partial charge in [0.05, 0.1) is 15.5 Å². The summed E-state index contributed by atoms with van der Waals surface area (Å²) in [6, 6.07) is 8.01. The van der Waals surface area contributed by atoms with Crippen molar-refractivity contribution in [2.24, 2.45) is 0 Å². The molecule has 2 aromatic rings. The van der Waals surface area contributed by atoms with Gasteiger partial charge in [-0.25, -0.2) is 8.42 Å². The third kappa shape index (κ3) is 4.90. The minimum absolute atomic E-state index is 0.0451. The van der Waals surface area contributed by atoms with E-state index in [1.807, 2.05) is 45.2 Å². The first-order valence-electron chi connectivity index (χ1n) is 5.75. The predicted molar refractivity (Wildman–Crippen MR) is 112 cm³/mol. The van der Waals surface area contributed by atoms with E-state index < -0.39 is 20.1 Å². The van der Waals surface area contributed by atoms with Crippen LogP contribution in [0.25, 0.3) is 0 Å². The Morgan fingerprint density at radius 3 is 1.96 bits per heavy atom. The molecule has 2 rings (SSSR count). The molecule has 0 radical (unpaired) electrons. The van der Waals surface area contributed by atoms with Gasteiger partial charge in [0.25, 0.3) is 20.1 Å². The highest BCUT2D eigenvalue weighted by molar-refractivity contribution is 14.1.